The van der Waals surface area contributed by atoms with Gasteiger partial charge in [0.1, 0.15) is 54.9 Å². The van der Waals surface area contributed by atoms with Crippen molar-refractivity contribution in [1.82, 2.24) is 153 Å². The number of rotatable bonds is 26. The Balaban J connectivity index is 0.000000110. The fourth-order valence-corrected chi connectivity index (χ4v) is 18.1. The van der Waals surface area contributed by atoms with Crippen molar-refractivity contribution in [3.05, 3.63) is 292 Å². The van der Waals surface area contributed by atoms with E-state index in [9.17, 15) is 19.2 Å². The van der Waals surface area contributed by atoms with E-state index in [1.807, 2.05) is 240 Å². The molecule has 0 saturated carbocycles. The van der Waals surface area contributed by atoms with Gasteiger partial charge in [0, 0.05) is 222 Å². The summed E-state index contributed by atoms with van der Waals surface area (Å²) < 4.78 is 14.7. The van der Waals surface area contributed by atoms with E-state index in [1.165, 1.54) is 46.4 Å². The van der Waals surface area contributed by atoms with Gasteiger partial charge < -0.3 is 57.1 Å². The number of nitrogens with one attached hydrogen (secondary N) is 17. The van der Waals surface area contributed by atoms with Crippen LogP contribution in [0.25, 0.3) is 50.0 Å². The van der Waals surface area contributed by atoms with Crippen LogP contribution in [-0.2, 0) is 27.3 Å². The first-order valence-corrected chi connectivity index (χ1v) is 48.0. The second kappa shape index (κ2) is 42.5. The number of amides is 2. The summed E-state index contributed by atoms with van der Waals surface area (Å²) in [5.41, 5.74) is 15.1. The van der Waals surface area contributed by atoms with E-state index in [2.05, 4.69) is 178 Å². The van der Waals surface area contributed by atoms with Crippen molar-refractivity contribution in [2.75, 3.05) is 107 Å². The van der Waals surface area contributed by atoms with Gasteiger partial charge in [-0.1, -0.05) is 59.6 Å². The molecule has 1 saturated heterocycles. The largest absolute Gasteiger partial charge is 0.379 e. The van der Waals surface area contributed by atoms with Gasteiger partial charge >= 0.3 is 0 Å². The maximum atomic E-state index is 12.3. The highest BCUT2D eigenvalue weighted by Gasteiger charge is 2.23. The predicted molar refractivity (Wildman–Crippen MR) is 553 cm³/mol. The number of carbonyl (C=O) groups excluding carboxylic acids is 2. The number of benzene rings is 5. The Morgan fingerprint density at radius 1 is 0.389 bits per heavy atom. The third kappa shape index (κ3) is 23.0. The Bertz CT molecular complexity index is 8200. The van der Waals surface area contributed by atoms with Crippen molar-refractivity contribution in [2.24, 2.45) is 0 Å². The first kappa shape index (κ1) is 93.9. The molecule has 2 aliphatic heterocycles. The van der Waals surface area contributed by atoms with Gasteiger partial charge in [-0.25, -0.2) is 39.9 Å². The number of hydrogen-bond acceptors (Lipinski definition) is 32. The van der Waals surface area contributed by atoms with Crippen molar-refractivity contribution in [3.8, 4) is 0 Å². The quantitative estimate of drug-likeness (QED) is 0.0224. The van der Waals surface area contributed by atoms with Crippen molar-refractivity contribution < 1.29 is 14.3 Å². The Kier molecular flexibility index (Phi) is 27.7. The van der Waals surface area contributed by atoms with E-state index in [4.69, 9.17) is 24.7 Å². The lowest BCUT2D eigenvalue weighted by Crippen LogP contribution is -2.41. The highest BCUT2D eigenvalue weighted by atomic mass is 32.2. The fourth-order valence-electron chi connectivity index (χ4n) is 15.7. The first-order valence-electron chi connectivity index (χ1n) is 45.6. The van der Waals surface area contributed by atoms with Crippen molar-refractivity contribution in [1.29, 1.82) is 0 Å². The van der Waals surface area contributed by atoms with Crippen LogP contribution in [0.5, 0.6) is 0 Å². The van der Waals surface area contributed by atoms with Gasteiger partial charge in [-0.3, -0.25) is 92.0 Å². The molecular formula is C96H96N40O5S3. The van der Waals surface area contributed by atoms with Gasteiger partial charge in [-0.2, -0.15) is 35.5 Å². The van der Waals surface area contributed by atoms with E-state index in [0.717, 1.165) is 165 Å². The number of fused-ring (bicyclic) bond motifs is 8. The molecule has 144 heavy (non-hydrogen) atoms. The Hall–Kier alpha value is -17.7. The molecule has 0 bridgehead atoms. The van der Waals surface area contributed by atoms with Gasteiger partial charge in [-0.15, -0.1) is 0 Å². The number of ether oxygens (including phenoxy) is 1. The van der Waals surface area contributed by atoms with Crippen molar-refractivity contribution >= 4 is 185 Å². The molecule has 0 spiro atoms. The highest BCUT2D eigenvalue weighted by molar-refractivity contribution is 7.99. The zero-order valence-electron chi connectivity index (χ0n) is 78.6. The van der Waals surface area contributed by atoms with Gasteiger partial charge in [0.15, 0.2) is 29.1 Å². The molecule has 17 N–H and O–H groups in total. The molecule has 24 rings (SSSR count). The highest BCUT2D eigenvalue weighted by Crippen LogP contribution is 2.36. The molecule has 0 atom stereocenters. The summed E-state index contributed by atoms with van der Waals surface area (Å²) in [5.74, 6) is 8.16. The molecule has 728 valence electrons. The van der Waals surface area contributed by atoms with Crippen LogP contribution in [0.4, 0.5) is 87.5 Å². The van der Waals surface area contributed by atoms with Crippen LogP contribution < -0.4 is 58.6 Å². The smallest absolute Gasteiger partial charge is 0.271 e. The average molecular weight is 1990 g/mol. The molecule has 2 aliphatic rings. The zero-order chi connectivity index (χ0) is 98.7. The average Bonchev–Trinajstić information content (AvgIpc) is 1.49. The third-order valence-electron chi connectivity index (χ3n) is 22.6. The van der Waals surface area contributed by atoms with E-state index >= 15 is 0 Å². The lowest BCUT2D eigenvalue weighted by Gasteiger charge is -2.30. The summed E-state index contributed by atoms with van der Waals surface area (Å²) >= 11 is 4.54. The maximum absolute atomic E-state index is 12.3. The van der Waals surface area contributed by atoms with Crippen molar-refractivity contribution in [3.63, 3.8) is 0 Å². The number of morpholine rings is 1. The minimum Gasteiger partial charge on any atom is -0.379 e. The van der Waals surface area contributed by atoms with E-state index in [0.29, 0.717) is 95.8 Å². The minimum absolute atomic E-state index is 0.00449. The number of hydrogen-bond donors (Lipinski definition) is 17. The predicted octanol–water partition coefficient (Wildman–Crippen LogP) is 14.8. The second-order valence-corrected chi connectivity index (χ2v) is 37.1. The summed E-state index contributed by atoms with van der Waals surface area (Å²) in [5, 5.41) is 75.5. The normalized spacial score (nSPS) is 12.5. The van der Waals surface area contributed by atoms with E-state index in [1.54, 1.807) is 43.1 Å². The topological polar surface area (TPSA) is 541 Å². The van der Waals surface area contributed by atoms with Crippen LogP contribution in [0.2, 0.25) is 0 Å². The molecular weight excluding hydrogens is 1890 g/mol. The number of anilines is 15. The maximum Gasteiger partial charge on any atom is 0.271 e. The van der Waals surface area contributed by atoms with Crippen LogP contribution in [0.15, 0.2) is 271 Å². The molecule has 22 aromatic rings. The molecule has 5 aromatic carbocycles. The SMILES string of the molecule is Cc1cc(Nc2nc(N3CCc4ccccc4C3)cc3nccn23)n[nH]1.Cc1cc(Nc2nc(Nc3ccc4c(=O)[nH][nH]c4c3)cc3nccn23)n[nH]1.Cc1cc(Nc2nc(Sc3ccc(NC(=O)CCN(C)C)cc3)cc3nccn23)n[nH]1.Cc1cc(Nc2nc(Sc3ccc(NC(=O)CN4CCOCC4)cc3)cc3nccn23)n[nH]1.Cc1cc(Nc2nc(Sc3ccc4c(=O)[nH][nH]c4c3)cc3nccn23)n[nH]1. The molecule has 0 unspecified atom stereocenters. The van der Waals surface area contributed by atoms with Crippen LogP contribution >= 0.6 is 35.3 Å². The molecule has 45 nitrogen and oxygen atoms in total. The molecule has 2 amide bonds. The summed E-state index contributed by atoms with van der Waals surface area (Å²) in [6, 6.07) is 54.4. The molecule has 0 radical (unpaired) electrons. The first-order chi connectivity index (χ1) is 70.1. The van der Waals surface area contributed by atoms with E-state index < -0.39 is 0 Å². The minimum atomic E-state index is -0.144. The second-order valence-electron chi connectivity index (χ2n) is 33.8. The summed E-state index contributed by atoms with van der Waals surface area (Å²) in [6.45, 7) is 15.5. The molecule has 48 heteroatoms. The Labute approximate surface area is 830 Å². The van der Waals surface area contributed by atoms with Gasteiger partial charge in [0.05, 0.1) is 41.6 Å². The van der Waals surface area contributed by atoms with Crippen LogP contribution in [0.3, 0.4) is 0 Å². The van der Waals surface area contributed by atoms with Crippen LogP contribution in [-0.4, -0.2) is 225 Å². The lowest BCUT2D eigenvalue weighted by molar-refractivity contribution is -0.118. The molecule has 1 fully saturated rings. The molecule has 19 heterocycles. The number of carbonyl (C=O) groups is 2. The van der Waals surface area contributed by atoms with E-state index in [-0.39, 0.29) is 22.9 Å². The monoisotopic (exact) mass is 1980 g/mol. The number of aryl methyl sites for hydroxylation is 5. The Morgan fingerprint density at radius 3 is 1.22 bits per heavy atom. The number of nitrogens with zero attached hydrogens (tertiary/aromatic N) is 23. The molecule has 0 aliphatic carbocycles. The summed E-state index contributed by atoms with van der Waals surface area (Å²) in [4.78, 5) is 103. The zero-order valence-corrected chi connectivity index (χ0v) is 81.0. The third-order valence-corrected chi connectivity index (χ3v) is 25.4. The fraction of sp³-hybridized carbons (Fsp3) is 0.177. The van der Waals surface area contributed by atoms with Crippen LogP contribution in [0, 0.1) is 34.6 Å². The summed E-state index contributed by atoms with van der Waals surface area (Å²) in [7, 11) is 3.90. The van der Waals surface area contributed by atoms with Gasteiger partial charge in [-0.05, 0) is 151 Å². The number of aromatic amines is 9. The lowest BCUT2D eigenvalue weighted by atomic mass is 10.00. The standard InChI is InChI=1S/C22H24N8O2S.C21H24N8OS.C19H19N7.C17H15N9O.C17H14N8OS/c1-15-12-18(28-27-15)25-22-26-21(13-19-23-6-7-30(19)22)33-17-4-2-16(3-5-17)24-20(31)14-29-8-10-32-11-9-29;1-14-12-17(27-26-14)24-21-25-20(13-18-22-9-11-29(18)21)31-16-6-4-15(5-7-16)23-19(30)8-10-28(2)3;1-13-10-16(24-23-13)21-19-22-18(11-17-20-7-9-26(17)19)25-8-6-14-4-2-3-5-15(14)12-25;1-9-6-14(24-22-9)21-17-20-13(8-15-18-4-5-26(15)17)19-10-2-3-11-12(7-10)23-25-16(11)27;1-9-6-13(23-21-9)19-17-20-15(8-14-18-4-5-25(14)17)27-10-2-3-11-12(7-10)22-24-16(11)26/h2-7,12-13H,8-11,14H2,1H3,(H,24,31)(H2,25,26,27,28);4-7,9,11-13H,8,10H2,1-3H3,(H,23,30)(H2,24,25,26,27);2-5,7,9-11H,6,8,12H2,1H3,(H2,21,22,23,24);2-8,19H,1H3,(H2,23,25,27)(H2,20,21,22,24);2-8H,1H3,(H2,22,24,26)(H2,19,20,21,23). The number of H-pyrrole nitrogens is 9. The van der Waals surface area contributed by atoms with Crippen molar-refractivity contribution in [2.45, 2.75) is 83.8 Å². The van der Waals surface area contributed by atoms with Gasteiger partial charge in [0.25, 0.3) is 11.1 Å². The molecule has 17 aromatic heterocycles. The number of aromatic nitrogens is 29. The summed E-state index contributed by atoms with van der Waals surface area (Å²) in [6.07, 6.45) is 19.5. The van der Waals surface area contributed by atoms with Gasteiger partial charge in [0.2, 0.25) is 41.6 Å². The Morgan fingerprint density at radius 2 is 0.778 bits per heavy atom. The number of imidazole rings is 5. The van der Waals surface area contributed by atoms with Crippen LogP contribution in [0.1, 0.15) is 46.0 Å².